The molecule has 2 N–H and O–H groups in total. The highest BCUT2D eigenvalue weighted by atomic mass is 16.6. The number of carbonyl (C=O) groups is 2. The molecule has 1 atom stereocenters. The fourth-order valence-electron chi connectivity index (χ4n) is 3.25. The highest BCUT2D eigenvalue weighted by molar-refractivity contribution is 5.81. The van der Waals surface area contributed by atoms with Crippen LogP contribution in [-0.4, -0.2) is 33.7 Å². The largest absolute Gasteiger partial charge is 0.459 e. The van der Waals surface area contributed by atoms with Gasteiger partial charge in [-0.3, -0.25) is 0 Å². The molecule has 0 saturated heterocycles. The van der Waals surface area contributed by atoms with Crippen molar-refractivity contribution in [3.8, 4) is 0 Å². The number of ether oxygens (including phenoxy) is 2. The van der Waals surface area contributed by atoms with E-state index >= 15 is 0 Å². The van der Waals surface area contributed by atoms with E-state index in [-0.39, 0.29) is 6.61 Å². The van der Waals surface area contributed by atoms with Crippen molar-refractivity contribution in [1.29, 1.82) is 0 Å². The summed E-state index contributed by atoms with van der Waals surface area (Å²) in [5.74, 6) is 0.236. The summed E-state index contributed by atoms with van der Waals surface area (Å²) in [7, 11) is 0. The lowest BCUT2D eigenvalue weighted by Crippen LogP contribution is -2.44. The highest BCUT2D eigenvalue weighted by Crippen LogP contribution is 2.18. The smallest absolute Gasteiger partial charge is 0.408 e. The Kier molecular flexibility index (Phi) is 7.18. The van der Waals surface area contributed by atoms with Gasteiger partial charge in [0.25, 0.3) is 0 Å². The summed E-state index contributed by atoms with van der Waals surface area (Å²) in [6.45, 7) is 9.55. The number of hydrogen-bond acceptors (Lipinski definition) is 5. The minimum absolute atomic E-state index is 0.134. The third-order valence-electron chi connectivity index (χ3n) is 5.02. The quantitative estimate of drug-likeness (QED) is 0.520. The van der Waals surface area contributed by atoms with E-state index in [1.54, 1.807) is 20.8 Å². The Bertz CT molecular complexity index is 1040. The van der Waals surface area contributed by atoms with E-state index in [9.17, 15) is 9.59 Å². The molecular weight excluding hydrogens is 406 g/mol. The number of carbonyl (C=O) groups excluding carboxylic acids is 2. The van der Waals surface area contributed by atoms with Crippen LogP contribution >= 0.6 is 0 Å². The molecule has 1 aromatic heterocycles. The minimum Gasteiger partial charge on any atom is -0.459 e. The van der Waals surface area contributed by atoms with Crippen LogP contribution in [0.25, 0.3) is 11.0 Å². The van der Waals surface area contributed by atoms with Crippen molar-refractivity contribution >= 4 is 23.1 Å². The number of esters is 1. The summed E-state index contributed by atoms with van der Waals surface area (Å²) in [5.41, 5.74) is 4.39. The lowest BCUT2D eigenvalue weighted by Gasteiger charge is -2.23. The van der Waals surface area contributed by atoms with Crippen molar-refractivity contribution in [1.82, 2.24) is 15.3 Å². The van der Waals surface area contributed by atoms with E-state index in [2.05, 4.69) is 28.3 Å². The third-order valence-corrected chi connectivity index (χ3v) is 5.02. The predicted molar refractivity (Wildman–Crippen MR) is 123 cm³/mol. The Labute approximate surface area is 188 Å². The molecule has 0 aliphatic carbocycles. The number of H-pyrrole nitrogens is 1. The maximum atomic E-state index is 12.8. The van der Waals surface area contributed by atoms with E-state index in [4.69, 9.17) is 9.47 Å². The number of fused-ring (bicyclic) bond motifs is 1. The molecule has 2 aromatic carbocycles. The number of nitrogens with one attached hydrogen (secondary N) is 2. The second-order valence-corrected chi connectivity index (χ2v) is 8.97. The summed E-state index contributed by atoms with van der Waals surface area (Å²) in [6.07, 6.45) is 0.133. The van der Waals surface area contributed by atoms with Gasteiger partial charge in [0.05, 0.1) is 11.0 Å². The van der Waals surface area contributed by atoms with E-state index in [1.165, 1.54) is 11.1 Å². The Morgan fingerprint density at radius 2 is 1.78 bits per heavy atom. The standard InChI is InChI=1S/C25H31N3O4/c1-16-13-20-21(14-17(16)2)27-22(26-20)12-11-19(28-24(30)32-25(3,4)5)23(29)31-15-18-9-7-6-8-10-18/h6-10,13-14,19H,11-12,15H2,1-5H3,(H,26,27)(H,28,30)/t19-/m0/s1. The van der Waals surface area contributed by atoms with Gasteiger partial charge in [-0.05, 0) is 69.9 Å². The van der Waals surface area contributed by atoms with E-state index < -0.39 is 23.7 Å². The number of benzene rings is 2. The normalized spacial score (nSPS) is 12.4. The van der Waals surface area contributed by atoms with Crippen LogP contribution < -0.4 is 5.32 Å². The van der Waals surface area contributed by atoms with Crippen molar-refractivity contribution in [2.45, 2.75) is 65.7 Å². The predicted octanol–water partition coefficient (Wildman–Crippen LogP) is 4.75. The molecule has 0 aliphatic heterocycles. The number of rotatable bonds is 7. The Morgan fingerprint density at radius 3 is 2.47 bits per heavy atom. The molecule has 3 aromatic rings. The summed E-state index contributed by atoms with van der Waals surface area (Å²) in [6, 6.07) is 12.7. The molecule has 1 amide bonds. The number of alkyl carbamates (subject to hydrolysis) is 1. The van der Waals surface area contributed by atoms with Gasteiger partial charge in [-0.2, -0.15) is 0 Å². The molecule has 32 heavy (non-hydrogen) atoms. The first-order valence-corrected chi connectivity index (χ1v) is 10.8. The number of nitrogens with zero attached hydrogens (tertiary/aromatic N) is 1. The third kappa shape index (κ3) is 6.57. The first-order chi connectivity index (χ1) is 15.1. The number of aromatic amines is 1. The maximum Gasteiger partial charge on any atom is 0.408 e. The van der Waals surface area contributed by atoms with E-state index in [0.717, 1.165) is 22.4 Å². The second-order valence-electron chi connectivity index (χ2n) is 8.97. The number of imidazole rings is 1. The van der Waals surface area contributed by atoms with Gasteiger partial charge in [0.2, 0.25) is 0 Å². The fraction of sp³-hybridized carbons (Fsp3) is 0.400. The number of amides is 1. The van der Waals surface area contributed by atoms with E-state index in [1.807, 2.05) is 43.3 Å². The first-order valence-electron chi connectivity index (χ1n) is 10.8. The molecule has 0 fully saturated rings. The van der Waals surface area contributed by atoms with Crippen LogP contribution in [0.4, 0.5) is 4.79 Å². The van der Waals surface area contributed by atoms with Crippen LogP contribution in [0.3, 0.4) is 0 Å². The van der Waals surface area contributed by atoms with Crippen molar-refractivity contribution in [3.63, 3.8) is 0 Å². The molecule has 0 saturated carbocycles. The maximum absolute atomic E-state index is 12.8. The van der Waals surface area contributed by atoms with Gasteiger partial charge in [-0.15, -0.1) is 0 Å². The SMILES string of the molecule is Cc1cc2nc(CC[C@H](NC(=O)OC(C)(C)C)C(=O)OCc3ccccc3)[nH]c2cc1C. The average Bonchev–Trinajstić information content (AvgIpc) is 3.10. The summed E-state index contributed by atoms with van der Waals surface area (Å²) in [4.78, 5) is 33.0. The summed E-state index contributed by atoms with van der Waals surface area (Å²) < 4.78 is 10.8. The van der Waals surface area contributed by atoms with Crippen LogP contribution in [0.5, 0.6) is 0 Å². The first kappa shape index (κ1) is 23.3. The molecular formula is C25H31N3O4. The number of aromatic nitrogens is 2. The molecule has 0 radical (unpaired) electrons. The van der Waals surface area contributed by atoms with Gasteiger partial charge >= 0.3 is 12.1 Å². The van der Waals surface area contributed by atoms with Crippen molar-refractivity contribution in [3.05, 3.63) is 65.0 Å². The zero-order valence-electron chi connectivity index (χ0n) is 19.3. The zero-order chi connectivity index (χ0) is 23.3. The number of hydrogen-bond donors (Lipinski definition) is 2. The van der Waals surface area contributed by atoms with Gasteiger partial charge in [-0.25, -0.2) is 14.6 Å². The van der Waals surface area contributed by atoms with Gasteiger partial charge in [-0.1, -0.05) is 30.3 Å². The molecule has 7 heteroatoms. The Balaban J connectivity index is 1.69. The molecule has 0 spiro atoms. The van der Waals surface area contributed by atoms with Crippen LogP contribution in [0.15, 0.2) is 42.5 Å². The van der Waals surface area contributed by atoms with Gasteiger partial charge in [0.15, 0.2) is 0 Å². The van der Waals surface area contributed by atoms with Gasteiger partial charge in [0, 0.05) is 6.42 Å². The molecule has 0 bridgehead atoms. The molecule has 7 nitrogen and oxygen atoms in total. The van der Waals surface area contributed by atoms with Crippen LogP contribution in [-0.2, 0) is 27.3 Å². The topological polar surface area (TPSA) is 93.3 Å². The molecule has 170 valence electrons. The average molecular weight is 438 g/mol. The minimum atomic E-state index is -0.856. The fourth-order valence-corrected chi connectivity index (χ4v) is 3.25. The lowest BCUT2D eigenvalue weighted by atomic mass is 10.1. The second kappa shape index (κ2) is 9.85. The Hall–Kier alpha value is -3.35. The van der Waals surface area contributed by atoms with Crippen LogP contribution in [0, 0.1) is 13.8 Å². The van der Waals surface area contributed by atoms with Gasteiger partial charge < -0.3 is 19.8 Å². The number of aryl methyl sites for hydroxylation is 3. The zero-order valence-corrected chi connectivity index (χ0v) is 19.3. The van der Waals surface area contributed by atoms with Crippen LogP contribution in [0.2, 0.25) is 0 Å². The Morgan fingerprint density at radius 1 is 1.09 bits per heavy atom. The van der Waals surface area contributed by atoms with Crippen molar-refractivity contribution in [2.24, 2.45) is 0 Å². The van der Waals surface area contributed by atoms with Crippen LogP contribution in [0.1, 0.15) is 49.7 Å². The molecule has 3 rings (SSSR count). The van der Waals surface area contributed by atoms with Gasteiger partial charge in [0.1, 0.15) is 24.1 Å². The van der Waals surface area contributed by atoms with Crippen molar-refractivity contribution < 1.29 is 19.1 Å². The summed E-state index contributed by atoms with van der Waals surface area (Å²) in [5, 5.41) is 2.65. The highest BCUT2D eigenvalue weighted by Gasteiger charge is 2.26. The molecule has 1 heterocycles. The van der Waals surface area contributed by atoms with Crippen molar-refractivity contribution in [2.75, 3.05) is 0 Å². The summed E-state index contributed by atoms with van der Waals surface area (Å²) >= 11 is 0. The van der Waals surface area contributed by atoms with E-state index in [0.29, 0.717) is 12.8 Å². The monoisotopic (exact) mass is 437 g/mol. The lowest BCUT2D eigenvalue weighted by molar-refractivity contribution is -0.147. The molecule has 0 unspecified atom stereocenters. The molecule has 0 aliphatic rings.